The predicted octanol–water partition coefficient (Wildman–Crippen LogP) is 3.53. The molecule has 4 rings (SSSR count). The molecule has 1 saturated heterocycles. The fourth-order valence-corrected chi connectivity index (χ4v) is 4.04. The van der Waals surface area contributed by atoms with E-state index in [0.717, 1.165) is 18.6 Å². The third-order valence-electron chi connectivity index (χ3n) is 5.39. The van der Waals surface area contributed by atoms with E-state index in [4.69, 9.17) is 10.5 Å². The average molecular weight is 336 g/mol. The molecule has 0 spiro atoms. The lowest BCUT2D eigenvalue weighted by Crippen LogP contribution is -2.37. The molecule has 1 aliphatic heterocycles. The first kappa shape index (κ1) is 16.2. The van der Waals surface area contributed by atoms with E-state index in [9.17, 15) is 4.79 Å². The SMILES string of the molecule is NC(=O)c1cccc(Oc2ccc3c(c2)CCC(N2CCCC2)C3)c1. The Hall–Kier alpha value is -2.33. The third kappa shape index (κ3) is 3.54. The lowest BCUT2D eigenvalue weighted by molar-refractivity contribution is 0.1000. The van der Waals surface area contributed by atoms with Crippen LogP contribution in [0.4, 0.5) is 0 Å². The van der Waals surface area contributed by atoms with E-state index in [1.807, 2.05) is 12.1 Å². The highest BCUT2D eigenvalue weighted by atomic mass is 16.5. The minimum atomic E-state index is -0.441. The zero-order valence-corrected chi connectivity index (χ0v) is 14.4. The number of aryl methyl sites for hydroxylation is 1. The van der Waals surface area contributed by atoms with E-state index in [1.54, 1.807) is 18.2 Å². The van der Waals surface area contributed by atoms with Gasteiger partial charge in [-0.3, -0.25) is 4.79 Å². The third-order valence-corrected chi connectivity index (χ3v) is 5.39. The normalized spacial score (nSPS) is 20.2. The quantitative estimate of drug-likeness (QED) is 0.929. The highest BCUT2D eigenvalue weighted by Gasteiger charge is 2.26. The van der Waals surface area contributed by atoms with E-state index < -0.39 is 5.91 Å². The number of hydrogen-bond donors (Lipinski definition) is 1. The van der Waals surface area contributed by atoms with E-state index in [2.05, 4.69) is 17.0 Å². The number of nitrogens with two attached hydrogens (primary N) is 1. The van der Waals surface area contributed by atoms with Crippen molar-refractivity contribution in [2.45, 2.75) is 38.1 Å². The van der Waals surface area contributed by atoms with Gasteiger partial charge in [0.05, 0.1) is 0 Å². The molecule has 0 saturated carbocycles. The van der Waals surface area contributed by atoms with Gasteiger partial charge in [0.2, 0.25) is 5.91 Å². The van der Waals surface area contributed by atoms with Crippen LogP contribution in [0.2, 0.25) is 0 Å². The standard InChI is InChI=1S/C21H24N2O2/c22-21(24)17-4-3-5-19(14-17)25-20-9-7-15-12-18(8-6-16(15)13-20)23-10-1-2-11-23/h3-5,7,9,13-14,18H,1-2,6,8,10-12H2,(H2,22,24). The molecular formula is C21H24N2O2. The van der Waals surface area contributed by atoms with Crippen molar-refractivity contribution in [3.8, 4) is 11.5 Å². The topological polar surface area (TPSA) is 55.6 Å². The zero-order chi connectivity index (χ0) is 17.2. The van der Waals surface area contributed by atoms with Crippen LogP contribution in [0.5, 0.6) is 11.5 Å². The summed E-state index contributed by atoms with van der Waals surface area (Å²) in [6, 6.07) is 14.1. The van der Waals surface area contributed by atoms with E-state index in [-0.39, 0.29) is 0 Å². The summed E-state index contributed by atoms with van der Waals surface area (Å²) in [5.41, 5.74) is 8.63. The van der Waals surface area contributed by atoms with Crippen molar-refractivity contribution in [2.24, 2.45) is 5.73 Å². The summed E-state index contributed by atoms with van der Waals surface area (Å²) in [5, 5.41) is 0. The molecule has 25 heavy (non-hydrogen) atoms. The molecule has 1 heterocycles. The Morgan fingerprint density at radius 2 is 1.84 bits per heavy atom. The van der Waals surface area contributed by atoms with Crippen LogP contribution >= 0.6 is 0 Å². The highest BCUT2D eigenvalue weighted by Crippen LogP contribution is 2.31. The van der Waals surface area contributed by atoms with Crippen LogP contribution in [-0.4, -0.2) is 29.9 Å². The van der Waals surface area contributed by atoms with Gasteiger partial charge < -0.3 is 15.4 Å². The predicted molar refractivity (Wildman–Crippen MR) is 98.1 cm³/mol. The highest BCUT2D eigenvalue weighted by molar-refractivity contribution is 5.93. The van der Waals surface area contributed by atoms with Crippen molar-refractivity contribution in [1.82, 2.24) is 4.90 Å². The summed E-state index contributed by atoms with van der Waals surface area (Å²) in [7, 11) is 0. The second-order valence-electron chi connectivity index (χ2n) is 7.06. The van der Waals surface area contributed by atoms with Gasteiger partial charge in [-0.15, -0.1) is 0 Å². The Labute approximate surface area is 148 Å². The molecule has 2 aromatic carbocycles. The number of primary amides is 1. The molecule has 2 aromatic rings. The van der Waals surface area contributed by atoms with Gasteiger partial charge in [-0.05, 0) is 86.7 Å². The molecule has 4 heteroatoms. The molecule has 2 aliphatic rings. The molecule has 1 unspecified atom stereocenters. The number of hydrogen-bond acceptors (Lipinski definition) is 3. The van der Waals surface area contributed by atoms with Gasteiger partial charge >= 0.3 is 0 Å². The fraction of sp³-hybridized carbons (Fsp3) is 0.381. The van der Waals surface area contributed by atoms with Crippen molar-refractivity contribution < 1.29 is 9.53 Å². The van der Waals surface area contributed by atoms with Crippen LogP contribution < -0.4 is 10.5 Å². The number of ether oxygens (including phenoxy) is 1. The van der Waals surface area contributed by atoms with Gasteiger partial charge in [-0.1, -0.05) is 12.1 Å². The molecule has 0 radical (unpaired) electrons. The maximum absolute atomic E-state index is 11.3. The minimum absolute atomic E-state index is 0.441. The largest absolute Gasteiger partial charge is 0.457 e. The van der Waals surface area contributed by atoms with Gasteiger partial charge in [-0.2, -0.15) is 0 Å². The zero-order valence-electron chi connectivity index (χ0n) is 14.4. The molecule has 1 aliphatic carbocycles. The molecule has 2 N–H and O–H groups in total. The minimum Gasteiger partial charge on any atom is -0.457 e. The second-order valence-corrected chi connectivity index (χ2v) is 7.06. The smallest absolute Gasteiger partial charge is 0.248 e. The van der Waals surface area contributed by atoms with Crippen molar-refractivity contribution in [1.29, 1.82) is 0 Å². The molecule has 0 aromatic heterocycles. The maximum atomic E-state index is 11.3. The number of benzene rings is 2. The number of carbonyl (C=O) groups excluding carboxylic acids is 1. The van der Waals surface area contributed by atoms with Crippen LogP contribution in [0.3, 0.4) is 0 Å². The van der Waals surface area contributed by atoms with Crippen molar-refractivity contribution in [2.75, 3.05) is 13.1 Å². The van der Waals surface area contributed by atoms with Gasteiger partial charge in [0.15, 0.2) is 0 Å². The first-order valence-electron chi connectivity index (χ1n) is 9.12. The van der Waals surface area contributed by atoms with Crippen LogP contribution in [0.25, 0.3) is 0 Å². The van der Waals surface area contributed by atoms with Crippen molar-refractivity contribution in [3.05, 3.63) is 59.2 Å². The summed E-state index contributed by atoms with van der Waals surface area (Å²) in [5.74, 6) is 1.02. The number of amides is 1. The summed E-state index contributed by atoms with van der Waals surface area (Å²) in [4.78, 5) is 14.0. The molecular weight excluding hydrogens is 312 g/mol. The Bertz CT molecular complexity index is 781. The lowest BCUT2D eigenvalue weighted by Gasteiger charge is -2.32. The number of nitrogens with zero attached hydrogens (tertiary/aromatic N) is 1. The number of fused-ring (bicyclic) bond motifs is 1. The van der Waals surface area contributed by atoms with Crippen LogP contribution in [0.1, 0.15) is 40.7 Å². The maximum Gasteiger partial charge on any atom is 0.248 e. The van der Waals surface area contributed by atoms with E-state index in [0.29, 0.717) is 17.4 Å². The molecule has 4 nitrogen and oxygen atoms in total. The Morgan fingerprint density at radius 3 is 2.64 bits per heavy atom. The summed E-state index contributed by atoms with van der Waals surface area (Å²) in [6.07, 6.45) is 6.18. The Balaban J connectivity index is 1.48. The second kappa shape index (κ2) is 6.89. The molecule has 1 atom stereocenters. The van der Waals surface area contributed by atoms with E-state index >= 15 is 0 Å². The molecule has 1 fully saturated rings. The number of carbonyl (C=O) groups is 1. The van der Waals surface area contributed by atoms with Crippen LogP contribution in [-0.2, 0) is 12.8 Å². The molecule has 1 amide bonds. The Morgan fingerprint density at radius 1 is 1.04 bits per heavy atom. The first-order chi connectivity index (χ1) is 12.2. The van der Waals surface area contributed by atoms with Crippen LogP contribution in [0, 0.1) is 0 Å². The number of likely N-dealkylation sites (tertiary alicyclic amines) is 1. The average Bonchev–Trinajstić information content (AvgIpc) is 3.16. The van der Waals surface area contributed by atoms with Gasteiger partial charge in [-0.25, -0.2) is 0 Å². The number of rotatable bonds is 4. The molecule has 0 bridgehead atoms. The summed E-state index contributed by atoms with van der Waals surface area (Å²) in [6.45, 7) is 2.52. The fourth-order valence-electron chi connectivity index (χ4n) is 4.04. The molecule has 130 valence electrons. The van der Waals surface area contributed by atoms with Gasteiger partial charge in [0, 0.05) is 11.6 Å². The van der Waals surface area contributed by atoms with E-state index in [1.165, 1.54) is 43.5 Å². The van der Waals surface area contributed by atoms with Crippen LogP contribution in [0.15, 0.2) is 42.5 Å². The van der Waals surface area contributed by atoms with Crippen molar-refractivity contribution in [3.63, 3.8) is 0 Å². The summed E-state index contributed by atoms with van der Waals surface area (Å²) < 4.78 is 5.94. The monoisotopic (exact) mass is 336 g/mol. The van der Waals surface area contributed by atoms with Gasteiger partial charge in [0.25, 0.3) is 0 Å². The van der Waals surface area contributed by atoms with Gasteiger partial charge in [0.1, 0.15) is 11.5 Å². The first-order valence-corrected chi connectivity index (χ1v) is 9.12. The summed E-state index contributed by atoms with van der Waals surface area (Å²) >= 11 is 0. The lowest BCUT2D eigenvalue weighted by atomic mass is 9.87. The van der Waals surface area contributed by atoms with Crippen molar-refractivity contribution >= 4 is 5.91 Å². The Kier molecular flexibility index (Phi) is 4.45.